The topological polar surface area (TPSA) is 29.1 Å². The Balaban J connectivity index is 1.73. The maximum atomic E-state index is 12.9. The summed E-state index contributed by atoms with van der Waals surface area (Å²) in [7, 11) is 0. The minimum Gasteiger partial charge on any atom is -0.353 e. The van der Waals surface area contributed by atoms with Crippen molar-refractivity contribution in [2.75, 3.05) is 0 Å². The average molecular weight is 440 g/mol. The van der Waals surface area contributed by atoms with Crippen molar-refractivity contribution in [3.8, 4) is 0 Å². The normalized spacial score (nSPS) is 14.0. The highest BCUT2D eigenvalue weighted by atomic mass is 35.5. The van der Waals surface area contributed by atoms with E-state index in [1.807, 2.05) is 73.7 Å². The lowest BCUT2D eigenvalue weighted by Crippen LogP contribution is -2.41. The van der Waals surface area contributed by atoms with Gasteiger partial charge >= 0.3 is 0 Å². The molecule has 0 heterocycles. The number of carbonyl (C=O) groups excluding carboxylic acids is 1. The van der Waals surface area contributed by atoms with Gasteiger partial charge in [0.05, 0.1) is 0 Å². The second-order valence-corrected chi connectivity index (χ2v) is 8.75. The molecule has 0 bridgehead atoms. The predicted molar refractivity (Wildman–Crippen MR) is 126 cm³/mol. The average Bonchev–Trinajstić information content (AvgIpc) is 2.74. The molecule has 3 aromatic carbocycles. The molecule has 30 heavy (non-hydrogen) atoms. The Morgan fingerprint density at radius 1 is 0.767 bits per heavy atom. The van der Waals surface area contributed by atoms with E-state index in [1.54, 1.807) is 0 Å². The molecule has 0 aliphatic rings. The number of amides is 1. The fourth-order valence-electron chi connectivity index (χ4n) is 3.70. The van der Waals surface area contributed by atoms with Crippen molar-refractivity contribution in [3.63, 3.8) is 0 Å². The van der Waals surface area contributed by atoms with Crippen molar-refractivity contribution in [2.24, 2.45) is 5.92 Å². The lowest BCUT2D eigenvalue weighted by Gasteiger charge is -2.27. The second kappa shape index (κ2) is 10.7. The van der Waals surface area contributed by atoms with Crippen LogP contribution >= 0.6 is 23.2 Å². The van der Waals surface area contributed by atoms with Crippen LogP contribution < -0.4 is 5.32 Å². The van der Waals surface area contributed by atoms with Crippen LogP contribution in [0, 0.1) is 5.92 Å². The molecule has 0 saturated heterocycles. The number of hydrogen-bond donors (Lipinski definition) is 1. The third kappa shape index (κ3) is 6.35. The van der Waals surface area contributed by atoms with E-state index in [1.165, 1.54) is 11.1 Å². The minimum absolute atomic E-state index is 0.0347. The van der Waals surface area contributed by atoms with Gasteiger partial charge in [0.1, 0.15) is 0 Å². The molecule has 3 rings (SSSR count). The molecule has 0 aromatic heterocycles. The molecule has 0 radical (unpaired) electrons. The van der Waals surface area contributed by atoms with Crippen LogP contribution in [0.4, 0.5) is 0 Å². The van der Waals surface area contributed by atoms with Gasteiger partial charge in [-0.2, -0.15) is 0 Å². The van der Waals surface area contributed by atoms with Gasteiger partial charge in [-0.15, -0.1) is 0 Å². The summed E-state index contributed by atoms with van der Waals surface area (Å²) in [5.41, 5.74) is 3.50. The number of nitrogens with one attached hydrogen (secondary N) is 1. The van der Waals surface area contributed by atoms with Gasteiger partial charge in [0.2, 0.25) is 5.91 Å². The fraction of sp³-hybridized carbons (Fsp3) is 0.269. The molecule has 0 aliphatic carbocycles. The summed E-state index contributed by atoms with van der Waals surface area (Å²) >= 11 is 12.1. The molecule has 0 fully saturated rings. The van der Waals surface area contributed by atoms with Crippen molar-refractivity contribution < 1.29 is 4.79 Å². The highest BCUT2D eigenvalue weighted by Gasteiger charge is 2.24. The van der Waals surface area contributed by atoms with Crippen LogP contribution in [0.15, 0.2) is 78.9 Å². The molecular weight excluding hydrogens is 413 g/mol. The van der Waals surface area contributed by atoms with E-state index in [0.29, 0.717) is 5.02 Å². The van der Waals surface area contributed by atoms with E-state index in [2.05, 4.69) is 24.4 Å². The Bertz CT molecular complexity index is 939. The number of benzene rings is 3. The Hall–Kier alpha value is -2.29. The summed E-state index contributed by atoms with van der Waals surface area (Å²) < 4.78 is 0. The van der Waals surface area contributed by atoms with E-state index in [0.717, 1.165) is 23.4 Å². The SMILES string of the molecule is CC(Cc1ccccc1)C(=O)NC(C)C(Cc1ccc(Cl)cc1)c1ccc(Cl)cc1. The van der Waals surface area contributed by atoms with E-state index in [9.17, 15) is 4.79 Å². The van der Waals surface area contributed by atoms with Gasteiger partial charge in [-0.1, -0.05) is 84.7 Å². The van der Waals surface area contributed by atoms with Gasteiger partial charge in [0.25, 0.3) is 0 Å². The Labute approximate surface area is 189 Å². The molecule has 0 saturated carbocycles. The molecule has 4 heteroatoms. The quantitative estimate of drug-likeness (QED) is 0.415. The summed E-state index contributed by atoms with van der Waals surface area (Å²) in [5, 5.41) is 4.67. The molecule has 3 unspecified atom stereocenters. The number of halogens is 2. The molecule has 156 valence electrons. The summed E-state index contributed by atoms with van der Waals surface area (Å²) in [5.74, 6) is 0.0917. The third-order valence-electron chi connectivity index (χ3n) is 5.47. The van der Waals surface area contributed by atoms with Gasteiger partial charge in [0, 0.05) is 27.9 Å². The molecule has 0 spiro atoms. The van der Waals surface area contributed by atoms with Crippen molar-refractivity contribution in [1.29, 1.82) is 0 Å². The lowest BCUT2D eigenvalue weighted by molar-refractivity contribution is -0.125. The van der Waals surface area contributed by atoms with Crippen LogP contribution in [0.25, 0.3) is 0 Å². The lowest BCUT2D eigenvalue weighted by atomic mass is 9.86. The zero-order valence-electron chi connectivity index (χ0n) is 17.3. The van der Waals surface area contributed by atoms with Gasteiger partial charge < -0.3 is 5.32 Å². The number of carbonyl (C=O) groups is 1. The summed E-state index contributed by atoms with van der Waals surface area (Å²) in [6.45, 7) is 4.05. The Morgan fingerprint density at radius 2 is 1.30 bits per heavy atom. The first-order valence-corrected chi connectivity index (χ1v) is 11.0. The van der Waals surface area contributed by atoms with Crippen molar-refractivity contribution in [3.05, 3.63) is 106 Å². The molecule has 2 nitrogen and oxygen atoms in total. The monoisotopic (exact) mass is 439 g/mol. The van der Waals surface area contributed by atoms with Crippen LogP contribution in [0.3, 0.4) is 0 Å². The molecule has 3 aromatic rings. The van der Waals surface area contributed by atoms with Crippen molar-refractivity contribution >= 4 is 29.1 Å². The predicted octanol–water partition coefficient (Wildman–Crippen LogP) is 6.70. The highest BCUT2D eigenvalue weighted by molar-refractivity contribution is 6.30. The van der Waals surface area contributed by atoms with E-state index in [-0.39, 0.29) is 23.8 Å². The van der Waals surface area contributed by atoms with Gasteiger partial charge in [-0.05, 0) is 60.7 Å². The minimum atomic E-state index is -0.101. The van der Waals surface area contributed by atoms with E-state index in [4.69, 9.17) is 23.2 Å². The zero-order valence-corrected chi connectivity index (χ0v) is 18.8. The first-order valence-electron chi connectivity index (χ1n) is 10.3. The second-order valence-electron chi connectivity index (χ2n) is 7.88. The maximum Gasteiger partial charge on any atom is 0.223 e. The largest absolute Gasteiger partial charge is 0.353 e. The van der Waals surface area contributed by atoms with E-state index < -0.39 is 0 Å². The van der Waals surface area contributed by atoms with Crippen LogP contribution in [-0.2, 0) is 17.6 Å². The Morgan fingerprint density at radius 3 is 1.90 bits per heavy atom. The molecule has 1 N–H and O–H groups in total. The fourth-order valence-corrected chi connectivity index (χ4v) is 3.95. The highest BCUT2D eigenvalue weighted by Crippen LogP contribution is 2.27. The smallest absolute Gasteiger partial charge is 0.223 e. The van der Waals surface area contributed by atoms with Crippen molar-refractivity contribution in [1.82, 2.24) is 5.32 Å². The maximum absolute atomic E-state index is 12.9. The summed E-state index contributed by atoms with van der Waals surface area (Å²) in [4.78, 5) is 12.9. The molecule has 1 amide bonds. The zero-order chi connectivity index (χ0) is 21.5. The van der Waals surface area contributed by atoms with Crippen molar-refractivity contribution in [2.45, 2.75) is 38.6 Å². The van der Waals surface area contributed by atoms with Crippen LogP contribution in [0.1, 0.15) is 36.5 Å². The van der Waals surface area contributed by atoms with Crippen LogP contribution in [0.5, 0.6) is 0 Å². The van der Waals surface area contributed by atoms with Crippen LogP contribution in [0.2, 0.25) is 10.0 Å². The van der Waals surface area contributed by atoms with Crippen LogP contribution in [-0.4, -0.2) is 11.9 Å². The first kappa shape index (κ1) is 22.4. The number of hydrogen-bond acceptors (Lipinski definition) is 1. The third-order valence-corrected chi connectivity index (χ3v) is 5.98. The molecule has 3 atom stereocenters. The van der Waals surface area contributed by atoms with E-state index >= 15 is 0 Å². The Kier molecular flexibility index (Phi) is 7.95. The molecular formula is C26H27Cl2NO. The van der Waals surface area contributed by atoms with Gasteiger partial charge in [-0.25, -0.2) is 0 Å². The van der Waals surface area contributed by atoms with Gasteiger partial charge in [0.15, 0.2) is 0 Å². The molecule has 0 aliphatic heterocycles. The standard InChI is InChI=1S/C26H27Cl2NO/c1-18(16-20-6-4-3-5-7-20)26(30)29-19(2)25(22-10-14-24(28)15-11-22)17-21-8-12-23(27)13-9-21/h3-15,18-19,25H,16-17H2,1-2H3,(H,29,30). The summed E-state index contributed by atoms with van der Waals surface area (Å²) in [6.07, 6.45) is 1.52. The number of rotatable bonds is 8. The first-order chi connectivity index (χ1) is 14.4. The van der Waals surface area contributed by atoms with Gasteiger partial charge in [-0.3, -0.25) is 4.79 Å². The summed E-state index contributed by atoms with van der Waals surface area (Å²) in [6, 6.07) is 25.9.